The van der Waals surface area contributed by atoms with Gasteiger partial charge in [0.2, 0.25) is 0 Å². The highest BCUT2D eigenvalue weighted by atomic mass is 16.5. The van der Waals surface area contributed by atoms with E-state index in [1.165, 1.54) is 0 Å². The number of ether oxygens (including phenoxy) is 2. The normalized spacial score (nSPS) is 16.6. The number of rotatable bonds is 4. The van der Waals surface area contributed by atoms with E-state index in [-0.39, 0.29) is 11.8 Å². The number of phenolic OH excluding ortho intramolecular Hbond substituents is 1. The molecule has 0 saturated heterocycles. The lowest BCUT2D eigenvalue weighted by Crippen LogP contribution is -2.21. The lowest BCUT2D eigenvalue weighted by Gasteiger charge is -2.12. The molecule has 0 amide bonds. The van der Waals surface area contributed by atoms with Crippen LogP contribution in [0.3, 0.4) is 0 Å². The van der Waals surface area contributed by atoms with Gasteiger partial charge in [-0.05, 0) is 29.8 Å². The van der Waals surface area contributed by atoms with Crippen LogP contribution in [0.1, 0.15) is 17.2 Å². The van der Waals surface area contributed by atoms with Gasteiger partial charge in [-0.2, -0.15) is 0 Å². The quantitative estimate of drug-likeness (QED) is 0.897. The monoisotopic (exact) mass is 271 g/mol. The van der Waals surface area contributed by atoms with Gasteiger partial charge in [0.15, 0.2) is 0 Å². The maximum atomic E-state index is 9.43. The van der Waals surface area contributed by atoms with Crippen molar-refractivity contribution in [2.75, 3.05) is 13.7 Å². The second-order valence-corrected chi connectivity index (χ2v) is 4.82. The van der Waals surface area contributed by atoms with E-state index >= 15 is 0 Å². The molecule has 1 unspecified atom stereocenters. The molecule has 0 aromatic heterocycles. The van der Waals surface area contributed by atoms with Crippen molar-refractivity contribution >= 4 is 0 Å². The number of methoxy groups -OCH3 is 1. The molecule has 2 aromatic carbocycles. The van der Waals surface area contributed by atoms with E-state index in [4.69, 9.17) is 9.47 Å². The molecule has 4 nitrogen and oxygen atoms in total. The van der Waals surface area contributed by atoms with Crippen LogP contribution in [0.4, 0.5) is 0 Å². The summed E-state index contributed by atoms with van der Waals surface area (Å²) in [4.78, 5) is 0. The predicted octanol–water partition coefficient (Wildman–Crippen LogP) is 2.62. The minimum absolute atomic E-state index is 0.150. The van der Waals surface area contributed by atoms with E-state index in [9.17, 15) is 5.11 Å². The van der Waals surface area contributed by atoms with Crippen LogP contribution in [-0.2, 0) is 6.54 Å². The Morgan fingerprint density at radius 2 is 2.20 bits per heavy atom. The molecule has 0 saturated carbocycles. The van der Waals surface area contributed by atoms with Crippen molar-refractivity contribution in [2.24, 2.45) is 0 Å². The highest BCUT2D eigenvalue weighted by Gasteiger charge is 2.23. The Hall–Kier alpha value is -2.20. The molecule has 104 valence electrons. The first-order chi connectivity index (χ1) is 9.76. The molecular weight excluding hydrogens is 254 g/mol. The van der Waals surface area contributed by atoms with Crippen molar-refractivity contribution in [2.45, 2.75) is 12.6 Å². The molecule has 1 aliphatic heterocycles. The highest BCUT2D eigenvalue weighted by Crippen LogP contribution is 2.34. The number of hydrogen-bond acceptors (Lipinski definition) is 4. The van der Waals surface area contributed by atoms with Crippen molar-refractivity contribution < 1.29 is 14.6 Å². The Kier molecular flexibility index (Phi) is 3.48. The SMILES string of the molecule is COc1cccc(CNC2COc3cc(O)ccc32)c1. The molecule has 1 atom stereocenters. The van der Waals surface area contributed by atoms with Gasteiger partial charge in [0, 0.05) is 18.2 Å². The van der Waals surface area contributed by atoms with E-state index in [0.29, 0.717) is 6.61 Å². The fourth-order valence-electron chi connectivity index (χ4n) is 2.39. The summed E-state index contributed by atoms with van der Waals surface area (Å²) in [6.45, 7) is 1.33. The number of fused-ring (bicyclic) bond motifs is 1. The first-order valence-corrected chi connectivity index (χ1v) is 6.58. The van der Waals surface area contributed by atoms with Gasteiger partial charge < -0.3 is 19.9 Å². The third-order valence-electron chi connectivity index (χ3n) is 3.46. The number of aromatic hydroxyl groups is 1. The first-order valence-electron chi connectivity index (χ1n) is 6.58. The Labute approximate surface area is 118 Å². The zero-order valence-electron chi connectivity index (χ0n) is 11.3. The average Bonchev–Trinajstić information content (AvgIpc) is 2.87. The van der Waals surface area contributed by atoms with Crippen LogP contribution in [-0.4, -0.2) is 18.8 Å². The number of phenols is 1. The van der Waals surface area contributed by atoms with E-state index in [1.807, 2.05) is 24.3 Å². The Balaban J connectivity index is 1.68. The van der Waals surface area contributed by atoms with Crippen LogP contribution in [0.15, 0.2) is 42.5 Å². The Morgan fingerprint density at radius 3 is 3.05 bits per heavy atom. The molecule has 0 bridgehead atoms. The van der Waals surface area contributed by atoms with Gasteiger partial charge in [-0.3, -0.25) is 0 Å². The molecule has 1 aliphatic rings. The third-order valence-corrected chi connectivity index (χ3v) is 3.46. The second-order valence-electron chi connectivity index (χ2n) is 4.82. The van der Waals surface area contributed by atoms with E-state index < -0.39 is 0 Å². The van der Waals surface area contributed by atoms with E-state index in [2.05, 4.69) is 11.4 Å². The molecule has 3 rings (SSSR count). The minimum atomic E-state index is 0.150. The van der Waals surface area contributed by atoms with Gasteiger partial charge in [-0.1, -0.05) is 12.1 Å². The van der Waals surface area contributed by atoms with Crippen LogP contribution in [0, 0.1) is 0 Å². The van der Waals surface area contributed by atoms with Crippen molar-refractivity contribution in [1.82, 2.24) is 5.32 Å². The summed E-state index contributed by atoms with van der Waals surface area (Å²) in [6, 6.07) is 13.4. The van der Waals surface area contributed by atoms with E-state index in [0.717, 1.165) is 29.2 Å². The van der Waals surface area contributed by atoms with Gasteiger partial charge in [-0.25, -0.2) is 0 Å². The number of nitrogens with one attached hydrogen (secondary N) is 1. The molecule has 0 radical (unpaired) electrons. The first kappa shape index (κ1) is 12.8. The Bertz CT molecular complexity index is 612. The van der Waals surface area contributed by atoms with Gasteiger partial charge in [0.1, 0.15) is 23.9 Å². The Morgan fingerprint density at radius 1 is 1.30 bits per heavy atom. The van der Waals surface area contributed by atoms with Crippen LogP contribution in [0.2, 0.25) is 0 Å². The zero-order valence-corrected chi connectivity index (χ0v) is 11.3. The van der Waals surface area contributed by atoms with Crippen LogP contribution >= 0.6 is 0 Å². The molecule has 0 spiro atoms. The number of hydrogen-bond donors (Lipinski definition) is 2. The molecule has 1 heterocycles. The standard InChI is InChI=1S/C16H17NO3/c1-19-13-4-2-3-11(7-13)9-17-15-10-20-16-8-12(18)5-6-14(15)16/h2-8,15,17-18H,9-10H2,1H3. The summed E-state index contributed by atoms with van der Waals surface area (Å²) in [6.07, 6.45) is 0. The maximum Gasteiger partial charge on any atom is 0.127 e. The minimum Gasteiger partial charge on any atom is -0.508 e. The van der Waals surface area contributed by atoms with Crippen molar-refractivity contribution in [3.63, 3.8) is 0 Å². The molecule has 4 heteroatoms. The summed E-state index contributed by atoms with van der Waals surface area (Å²) in [5, 5.41) is 12.9. The molecular formula is C16H17NO3. The molecule has 0 fully saturated rings. The van der Waals surface area contributed by atoms with Crippen molar-refractivity contribution in [3.8, 4) is 17.2 Å². The smallest absolute Gasteiger partial charge is 0.127 e. The molecule has 0 aliphatic carbocycles. The average molecular weight is 271 g/mol. The number of benzene rings is 2. The summed E-state index contributed by atoms with van der Waals surface area (Å²) in [5.74, 6) is 1.85. The van der Waals surface area contributed by atoms with Crippen LogP contribution < -0.4 is 14.8 Å². The fraction of sp³-hybridized carbons (Fsp3) is 0.250. The van der Waals surface area contributed by atoms with Gasteiger partial charge in [-0.15, -0.1) is 0 Å². The molecule has 2 N–H and O–H groups in total. The van der Waals surface area contributed by atoms with Crippen LogP contribution in [0.5, 0.6) is 17.2 Å². The molecule has 2 aromatic rings. The van der Waals surface area contributed by atoms with E-state index in [1.54, 1.807) is 19.2 Å². The zero-order chi connectivity index (χ0) is 13.9. The van der Waals surface area contributed by atoms with Crippen molar-refractivity contribution in [3.05, 3.63) is 53.6 Å². The lowest BCUT2D eigenvalue weighted by atomic mass is 10.1. The summed E-state index contributed by atoms with van der Waals surface area (Å²) in [5.41, 5.74) is 2.25. The van der Waals surface area contributed by atoms with Crippen LogP contribution in [0.25, 0.3) is 0 Å². The predicted molar refractivity (Wildman–Crippen MR) is 76.2 cm³/mol. The topological polar surface area (TPSA) is 50.7 Å². The summed E-state index contributed by atoms with van der Waals surface area (Å²) >= 11 is 0. The molecule has 20 heavy (non-hydrogen) atoms. The summed E-state index contributed by atoms with van der Waals surface area (Å²) in [7, 11) is 1.67. The maximum absolute atomic E-state index is 9.43. The third kappa shape index (κ3) is 2.56. The van der Waals surface area contributed by atoms with Crippen molar-refractivity contribution in [1.29, 1.82) is 0 Å². The fourth-order valence-corrected chi connectivity index (χ4v) is 2.39. The highest BCUT2D eigenvalue weighted by molar-refractivity contribution is 5.44. The van der Waals surface area contributed by atoms with Gasteiger partial charge in [0.05, 0.1) is 13.2 Å². The lowest BCUT2D eigenvalue weighted by molar-refractivity contribution is 0.309. The van der Waals surface area contributed by atoms with Gasteiger partial charge >= 0.3 is 0 Å². The summed E-state index contributed by atoms with van der Waals surface area (Å²) < 4.78 is 10.8. The second kappa shape index (κ2) is 5.43. The van der Waals surface area contributed by atoms with Gasteiger partial charge in [0.25, 0.3) is 0 Å². The largest absolute Gasteiger partial charge is 0.508 e.